The lowest BCUT2D eigenvalue weighted by Gasteiger charge is -2.07. The standard InChI is InChI=1S/C11H11ClN4/c1-3-9-15-10(7(2)11(12)16-9)8-6-13-4-5-14-8/h4-6H,3H2,1-2H3. The summed E-state index contributed by atoms with van der Waals surface area (Å²) in [6.45, 7) is 3.87. The van der Waals surface area contributed by atoms with Crippen LogP contribution in [0.5, 0.6) is 0 Å². The zero-order valence-electron chi connectivity index (χ0n) is 9.11. The Hall–Kier alpha value is -1.55. The molecule has 0 aliphatic heterocycles. The highest BCUT2D eigenvalue weighted by Crippen LogP contribution is 2.23. The maximum absolute atomic E-state index is 6.05. The van der Waals surface area contributed by atoms with E-state index in [4.69, 9.17) is 11.6 Å². The Kier molecular flexibility index (Phi) is 3.10. The minimum absolute atomic E-state index is 0.479. The Bertz CT molecular complexity index is 499. The summed E-state index contributed by atoms with van der Waals surface area (Å²) in [5.41, 5.74) is 2.31. The highest BCUT2D eigenvalue weighted by atomic mass is 35.5. The van der Waals surface area contributed by atoms with Crippen LogP contribution in [0.15, 0.2) is 18.6 Å². The molecule has 0 saturated heterocycles. The van der Waals surface area contributed by atoms with Gasteiger partial charge in [0.2, 0.25) is 0 Å². The van der Waals surface area contributed by atoms with Crippen LogP contribution in [-0.2, 0) is 6.42 Å². The first-order chi connectivity index (χ1) is 7.72. The fourth-order valence-corrected chi connectivity index (χ4v) is 1.55. The second kappa shape index (κ2) is 4.53. The third kappa shape index (κ3) is 2.02. The molecule has 16 heavy (non-hydrogen) atoms. The third-order valence-corrected chi connectivity index (χ3v) is 2.62. The van der Waals surface area contributed by atoms with Gasteiger partial charge in [-0.3, -0.25) is 9.97 Å². The SMILES string of the molecule is CCc1nc(Cl)c(C)c(-c2cnccn2)n1. The number of hydrogen-bond acceptors (Lipinski definition) is 4. The van der Waals surface area contributed by atoms with Gasteiger partial charge < -0.3 is 0 Å². The van der Waals surface area contributed by atoms with E-state index in [1.54, 1.807) is 18.6 Å². The highest BCUT2D eigenvalue weighted by molar-refractivity contribution is 6.30. The molecule has 0 N–H and O–H groups in total. The molecule has 0 aliphatic carbocycles. The Morgan fingerprint density at radius 1 is 1.25 bits per heavy atom. The molecule has 0 spiro atoms. The van der Waals surface area contributed by atoms with Crippen LogP contribution in [-0.4, -0.2) is 19.9 Å². The molecule has 4 nitrogen and oxygen atoms in total. The summed E-state index contributed by atoms with van der Waals surface area (Å²) in [4.78, 5) is 16.8. The minimum Gasteiger partial charge on any atom is -0.261 e. The molecule has 0 radical (unpaired) electrons. The number of halogens is 1. The summed E-state index contributed by atoms with van der Waals surface area (Å²) in [6, 6.07) is 0. The van der Waals surface area contributed by atoms with E-state index in [0.29, 0.717) is 5.15 Å². The smallest absolute Gasteiger partial charge is 0.136 e. The summed E-state index contributed by atoms with van der Waals surface area (Å²) in [6.07, 6.45) is 5.68. The molecular formula is C11H11ClN4. The van der Waals surface area contributed by atoms with Crippen molar-refractivity contribution >= 4 is 11.6 Å². The van der Waals surface area contributed by atoms with Crippen molar-refractivity contribution in [2.24, 2.45) is 0 Å². The van der Waals surface area contributed by atoms with E-state index < -0.39 is 0 Å². The van der Waals surface area contributed by atoms with Crippen molar-refractivity contribution in [2.45, 2.75) is 20.3 Å². The maximum atomic E-state index is 6.05. The molecule has 0 aliphatic rings. The summed E-state index contributed by atoms with van der Waals surface area (Å²) in [7, 11) is 0. The first kappa shape index (κ1) is 11.0. The average Bonchev–Trinajstić information content (AvgIpc) is 2.33. The second-order valence-electron chi connectivity index (χ2n) is 3.35. The first-order valence-corrected chi connectivity index (χ1v) is 5.39. The van der Waals surface area contributed by atoms with Crippen molar-refractivity contribution in [2.75, 3.05) is 0 Å². The van der Waals surface area contributed by atoms with Crippen molar-refractivity contribution in [1.82, 2.24) is 19.9 Å². The normalized spacial score (nSPS) is 10.4. The van der Waals surface area contributed by atoms with Gasteiger partial charge in [-0.2, -0.15) is 0 Å². The van der Waals surface area contributed by atoms with Crippen molar-refractivity contribution in [3.63, 3.8) is 0 Å². The van der Waals surface area contributed by atoms with E-state index in [1.807, 2.05) is 13.8 Å². The molecule has 0 unspecified atom stereocenters. The highest BCUT2D eigenvalue weighted by Gasteiger charge is 2.11. The van der Waals surface area contributed by atoms with Crippen LogP contribution in [0.3, 0.4) is 0 Å². The van der Waals surface area contributed by atoms with Gasteiger partial charge in [-0.1, -0.05) is 18.5 Å². The van der Waals surface area contributed by atoms with Crippen LogP contribution >= 0.6 is 11.6 Å². The van der Waals surface area contributed by atoms with Gasteiger partial charge in [-0.15, -0.1) is 0 Å². The largest absolute Gasteiger partial charge is 0.261 e. The molecule has 0 aromatic carbocycles. The summed E-state index contributed by atoms with van der Waals surface area (Å²) < 4.78 is 0. The van der Waals surface area contributed by atoms with Gasteiger partial charge in [0.1, 0.15) is 16.7 Å². The van der Waals surface area contributed by atoms with Crippen molar-refractivity contribution in [3.8, 4) is 11.4 Å². The van der Waals surface area contributed by atoms with Gasteiger partial charge in [0, 0.05) is 24.4 Å². The van der Waals surface area contributed by atoms with E-state index >= 15 is 0 Å². The van der Waals surface area contributed by atoms with E-state index in [0.717, 1.165) is 29.2 Å². The molecule has 0 amide bonds. The Labute approximate surface area is 98.8 Å². The van der Waals surface area contributed by atoms with E-state index in [2.05, 4.69) is 19.9 Å². The lowest BCUT2D eigenvalue weighted by atomic mass is 10.2. The van der Waals surface area contributed by atoms with Gasteiger partial charge in [0.15, 0.2) is 0 Å². The van der Waals surface area contributed by atoms with Gasteiger partial charge in [-0.05, 0) is 6.92 Å². The fourth-order valence-electron chi connectivity index (χ4n) is 1.36. The van der Waals surface area contributed by atoms with Crippen LogP contribution in [0.25, 0.3) is 11.4 Å². The molecular weight excluding hydrogens is 224 g/mol. The first-order valence-electron chi connectivity index (χ1n) is 5.01. The average molecular weight is 235 g/mol. The zero-order valence-corrected chi connectivity index (χ0v) is 9.86. The van der Waals surface area contributed by atoms with Gasteiger partial charge in [-0.25, -0.2) is 9.97 Å². The Balaban J connectivity index is 2.60. The van der Waals surface area contributed by atoms with Crippen molar-refractivity contribution in [3.05, 3.63) is 35.1 Å². The Morgan fingerprint density at radius 2 is 2.06 bits per heavy atom. The lowest BCUT2D eigenvalue weighted by molar-refractivity contribution is 0.930. The molecule has 2 heterocycles. The van der Waals surface area contributed by atoms with Crippen LogP contribution in [0.4, 0.5) is 0 Å². The number of aromatic nitrogens is 4. The number of rotatable bonds is 2. The van der Waals surface area contributed by atoms with Crippen molar-refractivity contribution in [1.29, 1.82) is 0 Å². The molecule has 5 heteroatoms. The zero-order chi connectivity index (χ0) is 11.5. The summed E-state index contributed by atoms with van der Waals surface area (Å²) in [5.74, 6) is 0.719. The van der Waals surface area contributed by atoms with Crippen LogP contribution in [0, 0.1) is 6.92 Å². The predicted molar refractivity (Wildman–Crippen MR) is 62.2 cm³/mol. The Morgan fingerprint density at radius 3 is 2.69 bits per heavy atom. The van der Waals surface area contributed by atoms with E-state index in [9.17, 15) is 0 Å². The lowest BCUT2D eigenvalue weighted by Crippen LogP contribution is -2.00. The number of nitrogens with zero attached hydrogens (tertiary/aromatic N) is 4. The second-order valence-corrected chi connectivity index (χ2v) is 3.71. The molecule has 0 saturated carbocycles. The molecule has 2 aromatic rings. The molecule has 2 rings (SSSR count). The van der Waals surface area contributed by atoms with Crippen molar-refractivity contribution < 1.29 is 0 Å². The number of aryl methyl sites for hydroxylation is 1. The van der Waals surface area contributed by atoms with Gasteiger partial charge >= 0.3 is 0 Å². The molecule has 0 bridgehead atoms. The van der Waals surface area contributed by atoms with Gasteiger partial charge in [0.05, 0.1) is 11.9 Å². The predicted octanol–water partition coefficient (Wildman–Crippen LogP) is 2.46. The van der Waals surface area contributed by atoms with Crippen LogP contribution < -0.4 is 0 Å². The topological polar surface area (TPSA) is 51.6 Å². The number of hydrogen-bond donors (Lipinski definition) is 0. The molecule has 2 aromatic heterocycles. The van der Waals surface area contributed by atoms with Crippen LogP contribution in [0.1, 0.15) is 18.3 Å². The van der Waals surface area contributed by atoms with Crippen LogP contribution in [0.2, 0.25) is 5.15 Å². The molecule has 0 fully saturated rings. The monoisotopic (exact) mass is 234 g/mol. The third-order valence-electron chi connectivity index (χ3n) is 2.25. The summed E-state index contributed by atoms with van der Waals surface area (Å²) >= 11 is 6.05. The fraction of sp³-hybridized carbons (Fsp3) is 0.273. The maximum Gasteiger partial charge on any atom is 0.136 e. The quantitative estimate of drug-likeness (QED) is 0.749. The molecule has 82 valence electrons. The van der Waals surface area contributed by atoms with Gasteiger partial charge in [0.25, 0.3) is 0 Å². The minimum atomic E-state index is 0.479. The van der Waals surface area contributed by atoms with E-state index in [-0.39, 0.29) is 0 Å². The van der Waals surface area contributed by atoms with E-state index in [1.165, 1.54) is 0 Å². The summed E-state index contributed by atoms with van der Waals surface area (Å²) in [5, 5.41) is 0.479. The molecule has 0 atom stereocenters.